The molecule has 3 N–H and O–H groups in total. The van der Waals surface area contributed by atoms with Crippen molar-refractivity contribution in [2.75, 3.05) is 13.1 Å². The quantitative estimate of drug-likeness (QED) is 0.851. The molecule has 0 aromatic heterocycles. The van der Waals surface area contributed by atoms with Crippen LogP contribution in [-0.2, 0) is 16.4 Å². The van der Waals surface area contributed by atoms with Gasteiger partial charge in [0.25, 0.3) is 0 Å². The first-order chi connectivity index (χ1) is 9.33. The highest BCUT2D eigenvalue weighted by Gasteiger charge is 2.28. The lowest BCUT2D eigenvalue weighted by Crippen LogP contribution is -2.27. The summed E-state index contributed by atoms with van der Waals surface area (Å²) in [6, 6.07) is 2.44. The summed E-state index contributed by atoms with van der Waals surface area (Å²) in [6.07, 6.45) is 0.136. The molecular weight excluding hydrogens is 283 g/mol. The molecule has 1 aromatic carbocycles. The van der Waals surface area contributed by atoms with Crippen molar-refractivity contribution in [3.05, 3.63) is 23.5 Å². The van der Waals surface area contributed by atoms with Crippen molar-refractivity contribution < 1.29 is 17.5 Å². The van der Waals surface area contributed by atoms with Crippen molar-refractivity contribution >= 4 is 10.0 Å². The maximum Gasteiger partial charge on any atom is 0.240 e. The van der Waals surface area contributed by atoms with Gasteiger partial charge in [-0.3, -0.25) is 0 Å². The number of fused-ring (bicyclic) bond motifs is 1. The van der Waals surface area contributed by atoms with Crippen LogP contribution in [0.3, 0.4) is 0 Å². The average Bonchev–Trinajstić information content (AvgIpc) is 2.80. The molecule has 112 valence electrons. The van der Waals surface area contributed by atoms with Gasteiger partial charge in [-0.15, -0.1) is 0 Å². The fourth-order valence-electron chi connectivity index (χ4n) is 2.01. The smallest absolute Gasteiger partial charge is 0.240 e. The van der Waals surface area contributed by atoms with E-state index in [1.807, 2.05) is 13.8 Å². The maximum absolute atomic E-state index is 13.9. The van der Waals surface area contributed by atoms with E-state index in [0.717, 1.165) is 6.07 Å². The van der Waals surface area contributed by atoms with Gasteiger partial charge in [0, 0.05) is 25.1 Å². The number of sulfonamides is 1. The van der Waals surface area contributed by atoms with Gasteiger partial charge in [0.2, 0.25) is 10.0 Å². The van der Waals surface area contributed by atoms with E-state index in [1.54, 1.807) is 0 Å². The average molecular weight is 302 g/mol. The van der Waals surface area contributed by atoms with Crippen molar-refractivity contribution in [1.82, 2.24) is 4.72 Å². The minimum Gasteiger partial charge on any atom is -0.485 e. The number of hydrogen-bond acceptors (Lipinski definition) is 4. The third-order valence-electron chi connectivity index (χ3n) is 3.08. The lowest BCUT2D eigenvalue weighted by atomic mass is 10.1. The van der Waals surface area contributed by atoms with Crippen LogP contribution < -0.4 is 15.2 Å². The third kappa shape index (κ3) is 3.11. The van der Waals surface area contributed by atoms with E-state index in [0.29, 0.717) is 18.5 Å². The van der Waals surface area contributed by atoms with E-state index in [1.165, 1.54) is 6.07 Å². The van der Waals surface area contributed by atoms with Gasteiger partial charge < -0.3 is 10.5 Å². The van der Waals surface area contributed by atoms with Crippen LogP contribution in [0.5, 0.6) is 5.75 Å². The van der Waals surface area contributed by atoms with E-state index in [2.05, 4.69) is 4.72 Å². The molecule has 0 aliphatic carbocycles. The SMILES string of the molecule is CC(C)CNS(=O)(=O)c1cc(F)c2c(c1)CC(CN)O2. The van der Waals surface area contributed by atoms with Gasteiger partial charge in [0.15, 0.2) is 11.6 Å². The Morgan fingerprint density at radius 3 is 2.80 bits per heavy atom. The summed E-state index contributed by atoms with van der Waals surface area (Å²) in [6.45, 7) is 4.36. The molecule has 0 radical (unpaired) electrons. The fourth-order valence-corrected chi connectivity index (χ4v) is 3.28. The van der Waals surface area contributed by atoms with E-state index in [-0.39, 0.29) is 29.2 Å². The highest BCUT2D eigenvalue weighted by atomic mass is 32.2. The van der Waals surface area contributed by atoms with Crippen molar-refractivity contribution in [2.24, 2.45) is 11.7 Å². The molecule has 1 aromatic rings. The molecule has 5 nitrogen and oxygen atoms in total. The van der Waals surface area contributed by atoms with E-state index in [9.17, 15) is 12.8 Å². The zero-order valence-electron chi connectivity index (χ0n) is 11.5. The molecule has 7 heteroatoms. The predicted molar refractivity (Wildman–Crippen MR) is 73.6 cm³/mol. The molecule has 20 heavy (non-hydrogen) atoms. The van der Waals surface area contributed by atoms with Gasteiger partial charge >= 0.3 is 0 Å². The minimum absolute atomic E-state index is 0.0735. The van der Waals surface area contributed by atoms with Gasteiger partial charge in [0.1, 0.15) is 6.10 Å². The molecule has 0 saturated carbocycles. The molecule has 1 atom stereocenters. The number of halogens is 1. The minimum atomic E-state index is -3.70. The van der Waals surface area contributed by atoms with Crippen LogP contribution in [0.25, 0.3) is 0 Å². The van der Waals surface area contributed by atoms with Gasteiger partial charge in [-0.05, 0) is 18.1 Å². The first-order valence-electron chi connectivity index (χ1n) is 6.52. The summed E-state index contributed by atoms with van der Waals surface area (Å²) in [4.78, 5) is -0.0735. The van der Waals surface area contributed by atoms with Crippen LogP contribution in [0, 0.1) is 11.7 Å². The normalized spacial score (nSPS) is 18.1. The molecule has 2 rings (SSSR count). The second-order valence-corrected chi connectivity index (χ2v) is 7.09. The summed E-state index contributed by atoms with van der Waals surface area (Å²) >= 11 is 0. The molecule has 0 amide bonds. The lowest BCUT2D eigenvalue weighted by Gasteiger charge is -2.10. The molecule has 0 bridgehead atoms. The Kier molecular flexibility index (Phi) is 4.31. The zero-order valence-corrected chi connectivity index (χ0v) is 12.3. The fraction of sp³-hybridized carbons (Fsp3) is 0.538. The molecule has 0 spiro atoms. The Labute approximate surface area is 118 Å². The van der Waals surface area contributed by atoms with Crippen LogP contribution in [0.4, 0.5) is 4.39 Å². The van der Waals surface area contributed by atoms with Crippen molar-refractivity contribution in [3.63, 3.8) is 0 Å². The van der Waals surface area contributed by atoms with E-state index >= 15 is 0 Å². The Morgan fingerprint density at radius 1 is 1.50 bits per heavy atom. The summed E-state index contributed by atoms with van der Waals surface area (Å²) < 4.78 is 45.9. The highest BCUT2D eigenvalue weighted by Crippen LogP contribution is 2.33. The Bertz CT molecular complexity index is 602. The number of nitrogens with one attached hydrogen (secondary N) is 1. The monoisotopic (exact) mass is 302 g/mol. The van der Waals surface area contributed by atoms with Crippen molar-refractivity contribution in [2.45, 2.75) is 31.3 Å². The number of benzene rings is 1. The second kappa shape index (κ2) is 5.67. The first kappa shape index (κ1) is 15.2. The van der Waals surface area contributed by atoms with Crippen molar-refractivity contribution in [3.8, 4) is 5.75 Å². The Morgan fingerprint density at radius 2 is 2.20 bits per heavy atom. The molecule has 1 aliphatic rings. The van der Waals surface area contributed by atoms with Gasteiger partial charge in [0.05, 0.1) is 4.90 Å². The van der Waals surface area contributed by atoms with Gasteiger partial charge in [-0.2, -0.15) is 0 Å². The topological polar surface area (TPSA) is 81.4 Å². The molecule has 1 heterocycles. The standard InChI is InChI=1S/C13H19FN2O3S/c1-8(2)7-16-20(17,18)11-4-9-3-10(6-15)19-13(9)12(14)5-11/h4-5,8,10,16H,3,6-7,15H2,1-2H3. The van der Waals surface area contributed by atoms with Gasteiger partial charge in [-0.25, -0.2) is 17.5 Å². The lowest BCUT2D eigenvalue weighted by molar-refractivity contribution is 0.232. The summed E-state index contributed by atoms with van der Waals surface area (Å²) in [7, 11) is -3.70. The molecule has 1 aliphatic heterocycles. The predicted octanol–water partition coefficient (Wildman–Crippen LogP) is 1.02. The summed E-state index contributed by atoms with van der Waals surface area (Å²) in [5.41, 5.74) is 6.04. The molecule has 0 fully saturated rings. The molecular formula is C13H19FN2O3S. The number of rotatable bonds is 5. The van der Waals surface area contributed by atoms with E-state index in [4.69, 9.17) is 10.5 Å². The third-order valence-corrected chi connectivity index (χ3v) is 4.48. The summed E-state index contributed by atoms with van der Waals surface area (Å²) in [5.74, 6) is -0.374. The van der Waals surface area contributed by atoms with Crippen LogP contribution >= 0.6 is 0 Å². The van der Waals surface area contributed by atoms with Crippen LogP contribution in [0.15, 0.2) is 17.0 Å². The van der Waals surface area contributed by atoms with Crippen LogP contribution in [-0.4, -0.2) is 27.6 Å². The zero-order chi connectivity index (χ0) is 14.9. The number of nitrogens with two attached hydrogens (primary N) is 1. The van der Waals surface area contributed by atoms with Crippen LogP contribution in [0.2, 0.25) is 0 Å². The molecule has 1 unspecified atom stereocenters. The summed E-state index contributed by atoms with van der Waals surface area (Å²) in [5, 5.41) is 0. The largest absolute Gasteiger partial charge is 0.485 e. The Hall–Kier alpha value is -1.18. The maximum atomic E-state index is 13.9. The van der Waals surface area contributed by atoms with Crippen LogP contribution in [0.1, 0.15) is 19.4 Å². The van der Waals surface area contributed by atoms with E-state index < -0.39 is 15.8 Å². The first-order valence-corrected chi connectivity index (χ1v) is 8.00. The number of hydrogen-bond donors (Lipinski definition) is 2. The van der Waals surface area contributed by atoms with Gasteiger partial charge in [-0.1, -0.05) is 13.8 Å². The number of ether oxygens (including phenoxy) is 1. The second-order valence-electron chi connectivity index (χ2n) is 5.32. The highest BCUT2D eigenvalue weighted by molar-refractivity contribution is 7.89. The van der Waals surface area contributed by atoms with Crippen molar-refractivity contribution in [1.29, 1.82) is 0 Å². The Balaban J connectivity index is 2.30. The molecule has 0 saturated heterocycles.